The molecule has 0 N–H and O–H groups in total. The summed E-state index contributed by atoms with van der Waals surface area (Å²) in [4.78, 5) is 20.4. The molecule has 1 saturated carbocycles. The van der Waals surface area contributed by atoms with Crippen LogP contribution in [0.3, 0.4) is 0 Å². The molecule has 4 heterocycles. The highest BCUT2D eigenvalue weighted by molar-refractivity contribution is 7.15. The molecular weight excluding hydrogens is 346 g/mol. The first-order valence-electron chi connectivity index (χ1n) is 9.46. The van der Waals surface area contributed by atoms with Crippen molar-refractivity contribution in [1.29, 1.82) is 0 Å². The maximum Gasteiger partial charge on any atom is 0.266 e. The van der Waals surface area contributed by atoms with Crippen LogP contribution >= 0.6 is 11.3 Å². The Labute approximate surface area is 156 Å². The number of thiazole rings is 1. The minimum Gasteiger partial charge on any atom is -0.297 e. The number of aromatic nitrogens is 4. The lowest BCUT2D eigenvalue weighted by Crippen LogP contribution is -2.36. The van der Waals surface area contributed by atoms with Gasteiger partial charge in [-0.3, -0.25) is 14.1 Å². The summed E-state index contributed by atoms with van der Waals surface area (Å²) in [5.41, 5.74) is 2.28. The average Bonchev–Trinajstić information content (AvgIpc) is 3.29. The van der Waals surface area contributed by atoms with Crippen molar-refractivity contribution in [2.45, 2.75) is 44.7 Å². The van der Waals surface area contributed by atoms with E-state index >= 15 is 0 Å². The van der Waals surface area contributed by atoms with Crippen LogP contribution in [-0.2, 0) is 13.1 Å². The van der Waals surface area contributed by atoms with Crippen molar-refractivity contribution < 1.29 is 0 Å². The van der Waals surface area contributed by atoms with E-state index < -0.39 is 0 Å². The lowest BCUT2D eigenvalue weighted by molar-refractivity contribution is 0.162. The standard InChI is InChI=1S/C19H23N5OS/c25-18-4-3-17(15-1-2-15)21-24(18)11-14-5-7-22(8-6-14)12-16-13-23-9-10-26-19(23)20-16/h3-4,9-10,13-15H,1-2,5-8,11-12H2. The number of likely N-dealkylation sites (tertiary alicyclic amines) is 1. The Hall–Kier alpha value is -1.99. The molecule has 2 aliphatic rings. The highest BCUT2D eigenvalue weighted by Crippen LogP contribution is 2.38. The molecule has 3 aromatic heterocycles. The largest absolute Gasteiger partial charge is 0.297 e. The Morgan fingerprint density at radius 1 is 1.15 bits per heavy atom. The van der Waals surface area contributed by atoms with Gasteiger partial charge in [0.15, 0.2) is 4.96 Å². The second-order valence-corrected chi connectivity index (χ2v) is 8.47. The van der Waals surface area contributed by atoms with Crippen molar-refractivity contribution in [3.63, 3.8) is 0 Å². The molecule has 0 amide bonds. The summed E-state index contributed by atoms with van der Waals surface area (Å²) >= 11 is 1.67. The fraction of sp³-hybridized carbons (Fsp3) is 0.526. The number of fused-ring (bicyclic) bond motifs is 1. The maximum absolute atomic E-state index is 12.1. The topological polar surface area (TPSA) is 55.4 Å². The van der Waals surface area contributed by atoms with Gasteiger partial charge in [-0.05, 0) is 50.8 Å². The molecule has 26 heavy (non-hydrogen) atoms. The van der Waals surface area contributed by atoms with E-state index in [1.807, 2.05) is 6.07 Å². The van der Waals surface area contributed by atoms with Gasteiger partial charge in [0, 0.05) is 42.8 Å². The lowest BCUT2D eigenvalue weighted by atomic mass is 9.97. The third-order valence-electron chi connectivity index (χ3n) is 5.55. The number of imidazole rings is 1. The van der Waals surface area contributed by atoms with Crippen molar-refractivity contribution in [2.24, 2.45) is 5.92 Å². The van der Waals surface area contributed by atoms with Gasteiger partial charge in [-0.25, -0.2) is 9.67 Å². The number of rotatable bonds is 5. The van der Waals surface area contributed by atoms with E-state index in [2.05, 4.69) is 37.2 Å². The van der Waals surface area contributed by atoms with Gasteiger partial charge in [0.2, 0.25) is 0 Å². The quantitative estimate of drug-likeness (QED) is 0.694. The van der Waals surface area contributed by atoms with Crippen LogP contribution in [0.4, 0.5) is 0 Å². The number of hydrogen-bond donors (Lipinski definition) is 0. The fourth-order valence-corrected chi connectivity index (χ4v) is 4.56. The molecule has 6 nitrogen and oxygen atoms in total. The van der Waals surface area contributed by atoms with Crippen LogP contribution in [0, 0.1) is 5.92 Å². The van der Waals surface area contributed by atoms with Crippen LogP contribution < -0.4 is 5.56 Å². The summed E-state index contributed by atoms with van der Waals surface area (Å²) in [6.45, 7) is 3.80. The van der Waals surface area contributed by atoms with Gasteiger partial charge in [0.1, 0.15) is 0 Å². The molecule has 7 heteroatoms. The third kappa shape index (κ3) is 3.33. The first kappa shape index (κ1) is 16.2. The van der Waals surface area contributed by atoms with Gasteiger partial charge in [-0.2, -0.15) is 5.10 Å². The second-order valence-electron chi connectivity index (χ2n) is 7.60. The molecule has 0 spiro atoms. The molecule has 0 unspecified atom stereocenters. The molecule has 0 bridgehead atoms. The molecular formula is C19H23N5OS. The van der Waals surface area contributed by atoms with E-state index in [9.17, 15) is 4.79 Å². The monoisotopic (exact) mass is 369 g/mol. The molecule has 1 saturated heterocycles. The van der Waals surface area contributed by atoms with Crippen LogP contribution in [0.2, 0.25) is 0 Å². The van der Waals surface area contributed by atoms with Crippen molar-refractivity contribution in [2.75, 3.05) is 13.1 Å². The van der Waals surface area contributed by atoms with Crippen LogP contribution in [0.25, 0.3) is 4.96 Å². The molecule has 2 fully saturated rings. The normalized spacial score (nSPS) is 19.4. The second kappa shape index (κ2) is 6.63. The van der Waals surface area contributed by atoms with Crippen molar-refractivity contribution in [3.8, 4) is 0 Å². The van der Waals surface area contributed by atoms with Crippen LogP contribution in [0.1, 0.15) is 43.0 Å². The Balaban J connectivity index is 1.18. The van der Waals surface area contributed by atoms with Gasteiger partial charge < -0.3 is 0 Å². The van der Waals surface area contributed by atoms with Gasteiger partial charge in [0.05, 0.1) is 11.4 Å². The average molecular weight is 369 g/mol. The minimum atomic E-state index is 0.0370. The molecule has 0 aromatic carbocycles. The van der Waals surface area contributed by atoms with Gasteiger partial charge in [-0.15, -0.1) is 11.3 Å². The van der Waals surface area contributed by atoms with E-state index in [1.165, 1.54) is 12.8 Å². The third-order valence-corrected chi connectivity index (χ3v) is 6.32. The van der Waals surface area contributed by atoms with Crippen LogP contribution in [-0.4, -0.2) is 37.2 Å². The minimum absolute atomic E-state index is 0.0370. The predicted octanol–water partition coefficient (Wildman–Crippen LogP) is 2.74. The lowest BCUT2D eigenvalue weighted by Gasteiger charge is -2.31. The first-order chi connectivity index (χ1) is 12.7. The van der Waals surface area contributed by atoms with Crippen LogP contribution in [0.5, 0.6) is 0 Å². The zero-order valence-corrected chi connectivity index (χ0v) is 15.6. The van der Waals surface area contributed by atoms with Gasteiger partial charge in [0.25, 0.3) is 5.56 Å². The highest BCUT2D eigenvalue weighted by Gasteiger charge is 2.26. The van der Waals surface area contributed by atoms with Gasteiger partial charge >= 0.3 is 0 Å². The molecule has 3 aromatic rings. The summed E-state index contributed by atoms with van der Waals surface area (Å²) in [5, 5.41) is 6.67. The summed E-state index contributed by atoms with van der Waals surface area (Å²) in [6, 6.07) is 3.61. The van der Waals surface area contributed by atoms with E-state index in [4.69, 9.17) is 0 Å². The van der Waals surface area contributed by atoms with E-state index in [0.717, 1.165) is 55.4 Å². The van der Waals surface area contributed by atoms with E-state index in [-0.39, 0.29) is 5.56 Å². The van der Waals surface area contributed by atoms with Gasteiger partial charge in [-0.1, -0.05) is 0 Å². The maximum atomic E-state index is 12.1. The zero-order valence-electron chi connectivity index (χ0n) is 14.8. The molecule has 5 rings (SSSR count). The molecule has 1 aliphatic heterocycles. The Morgan fingerprint density at radius 3 is 2.77 bits per heavy atom. The van der Waals surface area contributed by atoms with Crippen LogP contribution in [0.15, 0.2) is 34.7 Å². The zero-order chi connectivity index (χ0) is 17.5. The smallest absolute Gasteiger partial charge is 0.266 e. The van der Waals surface area contributed by atoms with E-state index in [1.54, 1.807) is 22.1 Å². The molecule has 0 radical (unpaired) electrons. The Bertz CT molecular complexity index is 933. The number of hydrogen-bond acceptors (Lipinski definition) is 5. The Kier molecular flexibility index (Phi) is 4.13. The molecule has 0 atom stereocenters. The first-order valence-corrected chi connectivity index (χ1v) is 10.3. The van der Waals surface area contributed by atoms with Crippen molar-refractivity contribution in [1.82, 2.24) is 24.1 Å². The number of nitrogens with zero attached hydrogens (tertiary/aromatic N) is 5. The SMILES string of the molecule is O=c1ccc(C2CC2)nn1CC1CCN(Cc2cn3ccsc3n2)CC1. The van der Waals surface area contributed by atoms with E-state index in [0.29, 0.717) is 11.8 Å². The van der Waals surface area contributed by atoms with Crippen molar-refractivity contribution >= 4 is 16.3 Å². The summed E-state index contributed by atoms with van der Waals surface area (Å²) < 4.78 is 3.80. The summed E-state index contributed by atoms with van der Waals surface area (Å²) in [6.07, 6.45) is 8.85. The highest BCUT2D eigenvalue weighted by atomic mass is 32.1. The number of piperidine rings is 1. The summed E-state index contributed by atoms with van der Waals surface area (Å²) in [5.74, 6) is 1.13. The fourth-order valence-electron chi connectivity index (χ4n) is 3.85. The molecule has 136 valence electrons. The predicted molar refractivity (Wildman–Crippen MR) is 102 cm³/mol. The molecule has 1 aliphatic carbocycles. The Morgan fingerprint density at radius 2 is 2.00 bits per heavy atom. The van der Waals surface area contributed by atoms with Crippen molar-refractivity contribution in [3.05, 3.63) is 51.6 Å². The summed E-state index contributed by atoms with van der Waals surface area (Å²) in [7, 11) is 0.